The Morgan fingerprint density at radius 3 is 2.50 bits per heavy atom. The molecule has 1 fully saturated rings. The van der Waals surface area contributed by atoms with Crippen LogP contribution in [0.25, 0.3) is 0 Å². The van der Waals surface area contributed by atoms with Gasteiger partial charge in [0.1, 0.15) is 0 Å². The van der Waals surface area contributed by atoms with Crippen LogP contribution in [0.15, 0.2) is 29.7 Å². The van der Waals surface area contributed by atoms with Crippen LogP contribution < -0.4 is 9.47 Å². The maximum absolute atomic E-state index is 12.7. The first-order chi connectivity index (χ1) is 14.5. The molecule has 0 N–H and O–H groups in total. The van der Waals surface area contributed by atoms with Crippen LogP contribution in [-0.2, 0) is 17.9 Å². The van der Waals surface area contributed by atoms with E-state index in [1.165, 1.54) is 22.9 Å². The molecule has 1 saturated heterocycles. The lowest BCUT2D eigenvalue weighted by atomic mass is 10.1. The van der Waals surface area contributed by atoms with Gasteiger partial charge in [-0.25, -0.2) is 4.98 Å². The Morgan fingerprint density at radius 2 is 1.83 bits per heavy atom. The molecule has 3 rings (SSSR count). The molecule has 1 aromatic heterocycles. The number of amides is 1. The van der Waals surface area contributed by atoms with Gasteiger partial charge in [-0.05, 0) is 36.6 Å². The lowest BCUT2D eigenvalue weighted by molar-refractivity contribution is -0.130. The molecule has 0 aliphatic carbocycles. The van der Waals surface area contributed by atoms with Gasteiger partial charge in [0.05, 0.1) is 20.0 Å². The van der Waals surface area contributed by atoms with Gasteiger partial charge in [0.25, 0.3) is 0 Å². The smallest absolute Gasteiger partial charge is 0.233 e. The van der Waals surface area contributed by atoms with E-state index in [4.69, 9.17) is 9.47 Å². The molecular formula is C22H32N4O3S. The number of ether oxygens (including phenoxy) is 2. The number of carbonyl (C=O) groups is 1. The second-order valence-electron chi connectivity index (χ2n) is 7.48. The standard InChI is InChI=1S/C22H32N4O3S/c1-5-7-26-8-6-23-22(26)30-16-21(27)25-11-9-24(10-12-25)15-18-14-20(29-4)19(28-3)13-17(18)2/h6,8,13-14H,5,7,9-12,15-16H2,1-4H3. The Hall–Kier alpha value is -2.19. The number of thioether (sulfide) groups is 1. The topological polar surface area (TPSA) is 59.8 Å². The van der Waals surface area contributed by atoms with E-state index in [9.17, 15) is 4.79 Å². The Kier molecular flexibility index (Phi) is 8.04. The number of benzene rings is 1. The third kappa shape index (κ3) is 5.49. The summed E-state index contributed by atoms with van der Waals surface area (Å²) < 4.78 is 12.9. The molecular weight excluding hydrogens is 400 g/mol. The van der Waals surface area contributed by atoms with Gasteiger partial charge in [0, 0.05) is 51.7 Å². The molecule has 8 heteroatoms. The van der Waals surface area contributed by atoms with E-state index in [2.05, 4.69) is 34.4 Å². The molecule has 0 atom stereocenters. The van der Waals surface area contributed by atoms with Crippen molar-refractivity contribution in [3.63, 3.8) is 0 Å². The predicted octanol–water partition coefficient (Wildman–Crippen LogP) is 3.06. The SMILES string of the molecule is CCCn1ccnc1SCC(=O)N1CCN(Cc2cc(OC)c(OC)cc2C)CC1. The quantitative estimate of drug-likeness (QED) is 0.568. The number of hydrogen-bond acceptors (Lipinski definition) is 6. The largest absolute Gasteiger partial charge is 0.493 e. The number of carbonyl (C=O) groups excluding carboxylic acids is 1. The van der Waals surface area contributed by atoms with E-state index in [0.717, 1.165) is 62.3 Å². The lowest BCUT2D eigenvalue weighted by Crippen LogP contribution is -2.48. The van der Waals surface area contributed by atoms with E-state index in [1.54, 1.807) is 20.4 Å². The lowest BCUT2D eigenvalue weighted by Gasteiger charge is -2.35. The van der Waals surface area contributed by atoms with Gasteiger partial charge in [-0.15, -0.1) is 0 Å². The summed E-state index contributed by atoms with van der Waals surface area (Å²) in [4.78, 5) is 21.4. The van der Waals surface area contributed by atoms with E-state index in [1.807, 2.05) is 17.2 Å². The van der Waals surface area contributed by atoms with Crippen LogP contribution in [0, 0.1) is 6.92 Å². The number of aromatic nitrogens is 2. The zero-order chi connectivity index (χ0) is 21.5. The minimum absolute atomic E-state index is 0.188. The summed E-state index contributed by atoms with van der Waals surface area (Å²) in [7, 11) is 3.32. The number of imidazole rings is 1. The summed E-state index contributed by atoms with van der Waals surface area (Å²) in [5.74, 6) is 2.14. The van der Waals surface area contributed by atoms with Crippen molar-refractivity contribution in [2.45, 2.75) is 38.5 Å². The van der Waals surface area contributed by atoms with Crippen LogP contribution in [0.4, 0.5) is 0 Å². The van der Waals surface area contributed by atoms with Crippen LogP contribution in [0.2, 0.25) is 0 Å². The summed E-state index contributed by atoms with van der Waals surface area (Å²) in [5.41, 5.74) is 2.41. The van der Waals surface area contributed by atoms with Crippen LogP contribution in [-0.4, -0.2) is 71.4 Å². The highest BCUT2D eigenvalue weighted by Gasteiger charge is 2.22. The number of hydrogen-bond donors (Lipinski definition) is 0. The number of methoxy groups -OCH3 is 2. The average molecular weight is 433 g/mol. The van der Waals surface area contributed by atoms with Crippen LogP contribution in [0.3, 0.4) is 0 Å². The van der Waals surface area contributed by atoms with E-state index in [0.29, 0.717) is 5.75 Å². The normalized spacial score (nSPS) is 14.7. The molecule has 1 aromatic carbocycles. The molecule has 164 valence electrons. The third-order valence-corrected chi connectivity index (χ3v) is 6.42. The van der Waals surface area contributed by atoms with E-state index >= 15 is 0 Å². The van der Waals surface area contributed by atoms with Gasteiger partial charge < -0.3 is 18.9 Å². The van der Waals surface area contributed by atoms with Crippen LogP contribution >= 0.6 is 11.8 Å². The molecule has 7 nitrogen and oxygen atoms in total. The first-order valence-corrected chi connectivity index (χ1v) is 11.4. The van der Waals surface area contributed by atoms with Crippen molar-refractivity contribution < 1.29 is 14.3 Å². The zero-order valence-electron chi connectivity index (χ0n) is 18.4. The minimum Gasteiger partial charge on any atom is -0.493 e. The van der Waals surface area contributed by atoms with Crippen molar-refractivity contribution in [3.05, 3.63) is 35.7 Å². The molecule has 30 heavy (non-hydrogen) atoms. The minimum atomic E-state index is 0.188. The highest BCUT2D eigenvalue weighted by molar-refractivity contribution is 7.99. The maximum atomic E-state index is 12.7. The second kappa shape index (κ2) is 10.7. The van der Waals surface area contributed by atoms with Crippen molar-refractivity contribution >= 4 is 17.7 Å². The summed E-state index contributed by atoms with van der Waals surface area (Å²) >= 11 is 1.53. The van der Waals surface area contributed by atoms with Gasteiger partial charge in [-0.3, -0.25) is 9.69 Å². The summed E-state index contributed by atoms with van der Waals surface area (Å²) in [5, 5.41) is 0.924. The molecule has 0 radical (unpaired) electrons. The monoisotopic (exact) mass is 432 g/mol. The Morgan fingerprint density at radius 1 is 1.13 bits per heavy atom. The molecule has 1 aliphatic heterocycles. The van der Waals surface area contributed by atoms with E-state index in [-0.39, 0.29) is 5.91 Å². The molecule has 2 aromatic rings. The molecule has 2 heterocycles. The maximum Gasteiger partial charge on any atom is 0.233 e. The second-order valence-corrected chi connectivity index (χ2v) is 8.42. The molecule has 0 bridgehead atoms. The fourth-order valence-corrected chi connectivity index (χ4v) is 4.54. The fourth-order valence-electron chi connectivity index (χ4n) is 3.65. The molecule has 0 spiro atoms. The van der Waals surface area contributed by atoms with Crippen LogP contribution in [0.1, 0.15) is 24.5 Å². The van der Waals surface area contributed by atoms with Gasteiger partial charge in [-0.2, -0.15) is 0 Å². The van der Waals surface area contributed by atoms with Gasteiger partial charge in [-0.1, -0.05) is 18.7 Å². The molecule has 0 saturated carbocycles. The fraction of sp³-hybridized carbons (Fsp3) is 0.545. The van der Waals surface area contributed by atoms with Crippen molar-refractivity contribution in [1.82, 2.24) is 19.4 Å². The number of nitrogens with zero attached hydrogens (tertiary/aromatic N) is 4. The first-order valence-electron chi connectivity index (χ1n) is 10.4. The highest BCUT2D eigenvalue weighted by Crippen LogP contribution is 2.31. The van der Waals surface area contributed by atoms with Crippen LogP contribution in [0.5, 0.6) is 11.5 Å². The predicted molar refractivity (Wildman–Crippen MR) is 119 cm³/mol. The third-order valence-electron chi connectivity index (χ3n) is 5.43. The summed E-state index contributed by atoms with van der Waals surface area (Å²) in [6.07, 6.45) is 4.84. The van der Waals surface area contributed by atoms with Gasteiger partial charge in [0.15, 0.2) is 16.7 Å². The van der Waals surface area contributed by atoms with Crippen molar-refractivity contribution in [3.8, 4) is 11.5 Å². The summed E-state index contributed by atoms with van der Waals surface area (Å²) in [6.45, 7) is 9.27. The number of piperazine rings is 1. The Labute approximate surface area is 183 Å². The molecule has 1 amide bonds. The van der Waals surface area contributed by atoms with Gasteiger partial charge >= 0.3 is 0 Å². The molecule has 0 unspecified atom stereocenters. The highest BCUT2D eigenvalue weighted by atomic mass is 32.2. The van der Waals surface area contributed by atoms with Crippen molar-refractivity contribution in [2.24, 2.45) is 0 Å². The number of rotatable bonds is 9. The molecule has 1 aliphatic rings. The number of aryl methyl sites for hydroxylation is 2. The van der Waals surface area contributed by atoms with Gasteiger partial charge in [0.2, 0.25) is 5.91 Å². The Bertz CT molecular complexity index is 847. The van der Waals surface area contributed by atoms with E-state index < -0.39 is 0 Å². The van der Waals surface area contributed by atoms with Crippen molar-refractivity contribution in [2.75, 3.05) is 46.2 Å². The first kappa shape index (κ1) is 22.5. The Balaban J connectivity index is 1.50. The van der Waals surface area contributed by atoms with Crippen molar-refractivity contribution in [1.29, 1.82) is 0 Å². The summed E-state index contributed by atoms with van der Waals surface area (Å²) in [6, 6.07) is 4.08. The zero-order valence-corrected chi connectivity index (χ0v) is 19.2. The average Bonchev–Trinajstić information content (AvgIpc) is 3.21.